The smallest absolute Gasteiger partial charge is 0.137 e. The first-order valence-corrected chi connectivity index (χ1v) is 6.06. The van der Waals surface area contributed by atoms with Crippen LogP contribution in [0.1, 0.15) is 5.56 Å². The fourth-order valence-electron chi connectivity index (χ4n) is 1.57. The molecule has 3 nitrogen and oxygen atoms in total. The minimum atomic E-state index is 0.672. The average molecular weight is 257 g/mol. The van der Waals surface area contributed by atoms with Crippen LogP contribution < -0.4 is 4.74 Å². The van der Waals surface area contributed by atoms with Crippen LogP contribution >= 0.6 is 11.6 Å². The summed E-state index contributed by atoms with van der Waals surface area (Å²) in [5, 5.41) is 0.672. The van der Waals surface area contributed by atoms with Gasteiger partial charge in [0.15, 0.2) is 0 Å². The van der Waals surface area contributed by atoms with Crippen LogP contribution in [0.3, 0.4) is 0 Å². The highest BCUT2D eigenvalue weighted by Gasteiger charge is 2.04. The lowest BCUT2D eigenvalue weighted by Gasteiger charge is -2.19. The molecule has 4 heteroatoms. The molecular weight excluding hydrogens is 236 g/mol. The van der Waals surface area contributed by atoms with E-state index in [1.165, 1.54) is 5.56 Å². The topological polar surface area (TPSA) is 15.7 Å². The number of ether oxygens (including phenoxy) is 1. The Kier molecular flexibility index (Phi) is 5.75. The lowest BCUT2D eigenvalue weighted by molar-refractivity contribution is 0.276. The molecule has 17 heavy (non-hydrogen) atoms. The van der Waals surface area contributed by atoms with Gasteiger partial charge in [0.25, 0.3) is 0 Å². The molecule has 0 atom stereocenters. The van der Waals surface area contributed by atoms with E-state index in [0.717, 1.165) is 25.4 Å². The van der Waals surface area contributed by atoms with Gasteiger partial charge in [0.05, 0.1) is 12.1 Å². The largest absolute Gasteiger partial charge is 0.495 e. The molecule has 0 aliphatic rings. The minimum absolute atomic E-state index is 0.672. The maximum Gasteiger partial charge on any atom is 0.137 e. The highest BCUT2D eigenvalue weighted by molar-refractivity contribution is 6.32. The number of nitrogens with zero attached hydrogens (tertiary/aromatic N) is 2. The molecule has 1 aromatic carbocycles. The van der Waals surface area contributed by atoms with Gasteiger partial charge < -0.3 is 14.5 Å². The molecule has 1 rings (SSSR count). The molecule has 0 aromatic heterocycles. The summed E-state index contributed by atoms with van der Waals surface area (Å²) >= 11 is 6.09. The molecule has 0 amide bonds. The molecule has 1 aromatic rings. The van der Waals surface area contributed by atoms with Gasteiger partial charge in [-0.25, -0.2) is 0 Å². The summed E-state index contributed by atoms with van der Waals surface area (Å²) in [6.45, 7) is 2.99. The van der Waals surface area contributed by atoms with Crippen LogP contribution in [0.15, 0.2) is 18.2 Å². The van der Waals surface area contributed by atoms with Crippen molar-refractivity contribution in [2.24, 2.45) is 0 Å². The Bertz CT molecular complexity index is 355. The van der Waals surface area contributed by atoms with Crippen molar-refractivity contribution in [2.75, 3.05) is 41.3 Å². The van der Waals surface area contributed by atoms with Crippen molar-refractivity contribution in [3.05, 3.63) is 28.8 Å². The molecule has 0 spiro atoms. The Balaban J connectivity index is 2.53. The second-order valence-electron chi connectivity index (χ2n) is 4.51. The fraction of sp³-hybridized carbons (Fsp3) is 0.538. The van der Waals surface area contributed by atoms with E-state index in [0.29, 0.717) is 5.02 Å². The summed E-state index contributed by atoms with van der Waals surface area (Å²) in [6.07, 6.45) is 0. The van der Waals surface area contributed by atoms with Crippen molar-refractivity contribution >= 4 is 11.6 Å². The minimum Gasteiger partial charge on any atom is -0.495 e. The van der Waals surface area contributed by atoms with Crippen molar-refractivity contribution < 1.29 is 4.74 Å². The number of methoxy groups -OCH3 is 1. The van der Waals surface area contributed by atoms with E-state index in [2.05, 4.69) is 37.0 Å². The molecule has 96 valence electrons. The lowest BCUT2D eigenvalue weighted by Crippen LogP contribution is -2.28. The number of hydrogen-bond donors (Lipinski definition) is 0. The van der Waals surface area contributed by atoms with Gasteiger partial charge in [0, 0.05) is 19.6 Å². The summed E-state index contributed by atoms with van der Waals surface area (Å²) < 4.78 is 5.13. The van der Waals surface area contributed by atoms with Crippen molar-refractivity contribution in [3.63, 3.8) is 0 Å². The van der Waals surface area contributed by atoms with E-state index in [-0.39, 0.29) is 0 Å². The molecule has 0 aliphatic heterocycles. The highest BCUT2D eigenvalue weighted by Crippen LogP contribution is 2.25. The van der Waals surface area contributed by atoms with E-state index < -0.39 is 0 Å². The third-order valence-electron chi connectivity index (χ3n) is 2.60. The monoisotopic (exact) mass is 256 g/mol. The number of benzene rings is 1. The average Bonchev–Trinajstić information content (AvgIpc) is 2.26. The normalized spacial score (nSPS) is 11.2. The Labute approximate surface area is 109 Å². The first-order valence-electron chi connectivity index (χ1n) is 5.68. The molecule has 0 bridgehead atoms. The van der Waals surface area contributed by atoms with Crippen LogP contribution in [0.4, 0.5) is 0 Å². The van der Waals surface area contributed by atoms with Crippen LogP contribution in [-0.2, 0) is 6.54 Å². The molecule has 0 unspecified atom stereocenters. The van der Waals surface area contributed by atoms with Crippen molar-refractivity contribution in [1.29, 1.82) is 0 Å². The van der Waals surface area contributed by atoms with Gasteiger partial charge in [0.2, 0.25) is 0 Å². The van der Waals surface area contributed by atoms with Gasteiger partial charge in [-0.3, -0.25) is 0 Å². The first-order chi connectivity index (χ1) is 8.02. The quantitative estimate of drug-likeness (QED) is 0.777. The summed E-state index contributed by atoms with van der Waals surface area (Å²) in [5.74, 6) is 0.728. The van der Waals surface area contributed by atoms with E-state index in [1.807, 2.05) is 12.1 Å². The van der Waals surface area contributed by atoms with Gasteiger partial charge in [-0.2, -0.15) is 0 Å². The van der Waals surface area contributed by atoms with E-state index in [4.69, 9.17) is 16.3 Å². The van der Waals surface area contributed by atoms with E-state index in [9.17, 15) is 0 Å². The number of likely N-dealkylation sites (N-methyl/N-ethyl adjacent to an activating group) is 2. The van der Waals surface area contributed by atoms with Crippen LogP contribution in [0.2, 0.25) is 5.02 Å². The molecule has 0 aliphatic carbocycles. The zero-order chi connectivity index (χ0) is 12.8. The van der Waals surface area contributed by atoms with Gasteiger partial charge in [-0.15, -0.1) is 0 Å². The van der Waals surface area contributed by atoms with Crippen LogP contribution in [0.25, 0.3) is 0 Å². The molecule has 0 heterocycles. The second-order valence-corrected chi connectivity index (χ2v) is 4.92. The highest BCUT2D eigenvalue weighted by atomic mass is 35.5. The molecule has 0 saturated heterocycles. The fourth-order valence-corrected chi connectivity index (χ4v) is 1.85. The molecular formula is C13H21ClN2O. The number of hydrogen-bond acceptors (Lipinski definition) is 3. The maximum absolute atomic E-state index is 6.09. The Hall–Kier alpha value is -0.770. The summed E-state index contributed by atoms with van der Waals surface area (Å²) in [6, 6.07) is 5.93. The third-order valence-corrected chi connectivity index (χ3v) is 2.89. The van der Waals surface area contributed by atoms with Gasteiger partial charge >= 0.3 is 0 Å². The summed E-state index contributed by atoms with van der Waals surface area (Å²) in [7, 11) is 7.90. The van der Waals surface area contributed by atoms with Gasteiger partial charge in [0.1, 0.15) is 5.75 Å². The van der Waals surface area contributed by atoms with E-state index in [1.54, 1.807) is 7.11 Å². The summed E-state index contributed by atoms with van der Waals surface area (Å²) in [4.78, 5) is 4.45. The van der Waals surface area contributed by atoms with E-state index >= 15 is 0 Å². The number of rotatable bonds is 6. The Morgan fingerprint density at radius 3 is 2.41 bits per heavy atom. The second kappa shape index (κ2) is 6.84. The molecule has 0 saturated carbocycles. The predicted octanol–water partition coefficient (Wildman–Crippen LogP) is 2.34. The standard InChI is InChI=1S/C13H21ClN2O/c1-15(2)7-8-16(3)10-11-5-6-13(17-4)12(14)9-11/h5-6,9H,7-8,10H2,1-4H3. The van der Waals surface area contributed by atoms with Crippen molar-refractivity contribution in [1.82, 2.24) is 9.80 Å². The number of halogens is 1. The molecule has 0 fully saturated rings. The van der Waals surface area contributed by atoms with Crippen LogP contribution in [0, 0.1) is 0 Å². The SMILES string of the molecule is COc1ccc(CN(C)CCN(C)C)cc1Cl. The van der Waals surface area contributed by atoms with Crippen molar-refractivity contribution in [2.45, 2.75) is 6.54 Å². The maximum atomic E-state index is 6.09. The van der Waals surface area contributed by atoms with Crippen LogP contribution in [-0.4, -0.2) is 51.1 Å². The first kappa shape index (κ1) is 14.3. The third kappa shape index (κ3) is 4.94. The van der Waals surface area contributed by atoms with Gasteiger partial charge in [-0.05, 0) is 38.8 Å². The van der Waals surface area contributed by atoms with Crippen molar-refractivity contribution in [3.8, 4) is 5.75 Å². The Morgan fingerprint density at radius 2 is 1.88 bits per heavy atom. The Morgan fingerprint density at radius 1 is 1.18 bits per heavy atom. The lowest BCUT2D eigenvalue weighted by atomic mass is 10.2. The zero-order valence-electron chi connectivity index (χ0n) is 11.0. The predicted molar refractivity (Wildman–Crippen MR) is 72.9 cm³/mol. The zero-order valence-corrected chi connectivity index (χ0v) is 11.8. The summed E-state index contributed by atoms with van der Waals surface area (Å²) in [5.41, 5.74) is 1.21. The van der Waals surface area contributed by atoms with Gasteiger partial charge in [-0.1, -0.05) is 17.7 Å². The molecule has 0 radical (unpaired) electrons. The van der Waals surface area contributed by atoms with Crippen LogP contribution in [0.5, 0.6) is 5.75 Å². The molecule has 0 N–H and O–H groups in total.